The average Bonchev–Trinajstić information content (AvgIpc) is 3.00. The van der Waals surface area contributed by atoms with E-state index in [1.54, 1.807) is 21.1 Å². The molecular formula is C38H71NO7. The van der Waals surface area contributed by atoms with Gasteiger partial charge in [0.1, 0.15) is 12.6 Å². The first kappa shape index (κ1) is 44.1. The number of carbonyl (C=O) groups is 3. The molecule has 46 heavy (non-hydrogen) atoms. The van der Waals surface area contributed by atoms with Crippen molar-refractivity contribution in [3.05, 3.63) is 12.2 Å². The highest BCUT2D eigenvalue weighted by atomic mass is 16.6. The Morgan fingerprint density at radius 1 is 0.630 bits per heavy atom. The van der Waals surface area contributed by atoms with Crippen LogP contribution in [0.3, 0.4) is 0 Å². The molecule has 0 aliphatic rings. The molecule has 0 saturated carbocycles. The number of nitrogens with zero attached hydrogens (tertiary/aromatic N) is 1. The number of unbranched alkanes of at least 4 members (excludes halogenated alkanes) is 17. The van der Waals surface area contributed by atoms with Gasteiger partial charge in [-0.2, -0.15) is 0 Å². The molecule has 2 unspecified atom stereocenters. The Hall–Kier alpha value is -1.93. The van der Waals surface area contributed by atoms with Gasteiger partial charge in [0, 0.05) is 19.3 Å². The predicted octanol–water partition coefficient (Wildman–Crippen LogP) is 7.85. The number of quaternary nitrogens is 1. The monoisotopic (exact) mass is 654 g/mol. The lowest BCUT2D eigenvalue weighted by molar-refractivity contribution is -0.889. The summed E-state index contributed by atoms with van der Waals surface area (Å²) in [5.41, 5.74) is 0. The molecule has 8 nitrogen and oxygen atoms in total. The van der Waals surface area contributed by atoms with Crippen molar-refractivity contribution in [1.82, 2.24) is 0 Å². The maximum atomic E-state index is 12.6. The Morgan fingerprint density at radius 2 is 1.11 bits per heavy atom. The molecule has 0 heterocycles. The molecule has 2 atom stereocenters. The third kappa shape index (κ3) is 28.3. The van der Waals surface area contributed by atoms with Crippen LogP contribution in [0.15, 0.2) is 12.2 Å². The number of rotatable bonds is 33. The number of carboxylic acids is 1. The fourth-order valence-electron chi connectivity index (χ4n) is 5.40. The van der Waals surface area contributed by atoms with Gasteiger partial charge < -0.3 is 28.6 Å². The number of likely N-dealkylation sites (N-methyl/N-ethyl adjacent to an activating group) is 1. The fourth-order valence-corrected chi connectivity index (χ4v) is 5.40. The molecule has 0 radical (unpaired) electrons. The number of carboxylic acid groups (broad SMARTS) is 1. The second-order valence-electron chi connectivity index (χ2n) is 13.8. The van der Waals surface area contributed by atoms with Gasteiger partial charge >= 0.3 is 11.9 Å². The first-order valence-electron chi connectivity index (χ1n) is 18.7. The number of carbonyl (C=O) groups excluding carboxylic acids is 3. The van der Waals surface area contributed by atoms with Crippen molar-refractivity contribution >= 4 is 17.9 Å². The zero-order chi connectivity index (χ0) is 34.3. The van der Waals surface area contributed by atoms with Gasteiger partial charge in [-0.3, -0.25) is 9.59 Å². The summed E-state index contributed by atoms with van der Waals surface area (Å²) in [4.78, 5) is 36.5. The SMILES string of the molecule is CCCC/C=C/CCCCCCCC(=O)OC(COCCC(C(=O)[O-])[N+](C)(C)C)COC(=O)CCCCCCCCCCCCC. The molecule has 0 amide bonds. The molecule has 0 spiro atoms. The molecule has 270 valence electrons. The first-order chi connectivity index (χ1) is 22.1. The van der Waals surface area contributed by atoms with E-state index in [2.05, 4.69) is 26.0 Å². The summed E-state index contributed by atoms with van der Waals surface area (Å²) < 4.78 is 17.0. The Morgan fingerprint density at radius 3 is 1.63 bits per heavy atom. The zero-order valence-electron chi connectivity index (χ0n) is 30.5. The van der Waals surface area contributed by atoms with E-state index >= 15 is 0 Å². The molecule has 0 aromatic carbocycles. The van der Waals surface area contributed by atoms with E-state index in [1.165, 1.54) is 77.0 Å². The average molecular weight is 654 g/mol. The second-order valence-corrected chi connectivity index (χ2v) is 13.8. The Kier molecular flexibility index (Phi) is 29.1. The van der Waals surface area contributed by atoms with E-state index in [0.717, 1.165) is 51.4 Å². The van der Waals surface area contributed by atoms with Crippen molar-refractivity contribution in [2.24, 2.45) is 0 Å². The molecule has 0 aromatic heterocycles. The molecular weight excluding hydrogens is 582 g/mol. The van der Waals surface area contributed by atoms with Gasteiger partial charge in [0.2, 0.25) is 0 Å². The number of allylic oxidation sites excluding steroid dienone is 2. The highest BCUT2D eigenvalue weighted by Gasteiger charge is 2.25. The molecule has 0 bridgehead atoms. The van der Waals surface area contributed by atoms with Crippen LogP contribution in [0.5, 0.6) is 0 Å². The van der Waals surface area contributed by atoms with Crippen LogP contribution in [0.1, 0.15) is 162 Å². The minimum atomic E-state index is -1.13. The van der Waals surface area contributed by atoms with Gasteiger partial charge in [0.05, 0.1) is 40.3 Å². The van der Waals surface area contributed by atoms with Crippen molar-refractivity contribution in [1.29, 1.82) is 0 Å². The summed E-state index contributed by atoms with van der Waals surface area (Å²) in [6.45, 7) is 4.60. The van der Waals surface area contributed by atoms with Crippen LogP contribution in [0.2, 0.25) is 0 Å². The molecule has 0 saturated heterocycles. The lowest BCUT2D eigenvalue weighted by Gasteiger charge is -2.34. The first-order valence-corrected chi connectivity index (χ1v) is 18.7. The largest absolute Gasteiger partial charge is 0.544 e. The summed E-state index contributed by atoms with van der Waals surface area (Å²) in [5, 5.41) is 11.6. The minimum Gasteiger partial charge on any atom is -0.544 e. The smallest absolute Gasteiger partial charge is 0.306 e. The highest BCUT2D eigenvalue weighted by Crippen LogP contribution is 2.14. The van der Waals surface area contributed by atoms with Crippen LogP contribution in [-0.4, -0.2) is 75.5 Å². The molecule has 0 fully saturated rings. The van der Waals surface area contributed by atoms with Gasteiger partial charge in [0.15, 0.2) is 6.10 Å². The van der Waals surface area contributed by atoms with Gasteiger partial charge in [0.25, 0.3) is 0 Å². The van der Waals surface area contributed by atoms with Gasteiger partial charge in [-0.1, -0.05) is 122 Å². The normalized spacial score (nSPS) is 13.2. The van der Waals surface area contributed by atoms with Crippen LogP contribution < -0.4 is 5.11 Å². The van der Waals surface area contributed by atoms with E-state index in [9.17, 15) is 19.5 Å². The van der Waals surface area contributed by atoms with Gasteiger partial charge in [-0.15, -0.1) is 0 Å². The van der Waals surface area contributed by atoms with E-state index in [1.807, 2.05) is 0 Å². The van der Waals surface area contributed by atoms with Gasteiger partial charge in [-0.25, -0.2) is 0 Å². The van der Waals surface area contributed by atoms with Crippen molar-refractivity contribution < 1.29 is 38.2 Å². The lowest BCUT2D eigenvalue weighted by Crippen LogP contribution is -2.55. The summed E-state index contributed by atoms with van der Waals surface area (Å²) in [6.07, 6.45) is 28.0. The quantitative estimate of drug-likeness (QED) is 0.0308. The summed E-state index contributed by atoms with van der Waals surface area (Å²) in [7, 11) is 5.39. The maximum absolute atomic E-state index is 12.6. The Labute approximate surface area is 282 Å². The van der Waals surface area contributed by atoms with Gasteiger partial charge in [-0.05, 0) is 32.1 Å². The number of esters is 2. The van der Waals surface area contributed by atoms with E-state index in [0.29, 0.717) is 12.8 Å². The van der Waals surface area contributed by atoms with Crippen molar-refractivity contribution in [3.8, 4) is 0 Å². The number of ether oxygens (including phenoxy) is 3. The van der Waals surface area contributed by atoms with Crippen molar-refractivity contribution in [2.45, 2.75) is 174 Å². The third-order valence-electron chi connectivity index (χ3n) is 8.40. The van der Waals surface area contributed by atoms with Crippen LogP contribution in [0.25, 0.3) is 0 Å². The molecule has 0 aromatic rings. The summed E-state index contributed by atoms with van der Waals surface area (Å²) in [5.74, 6) is -1.74. The molecule has 0 aliphatic carbocycles. The molecule has 0 rings (SSSR count). The third-order valence-corrected chi connectivity index (χ3v) is 8.40. The minimum absolute atomic E-state index is 0.0418. The highest BCUT2D eigenvalue weighted by molar-refractivity contribution is 5.70. The number of aliphatic carboxylic acids is 1. The van der Waals surface area contributed by atoms with Crippen molar-refractivity contribution in [2.75, 3.05) is 41.0 Å². The standard InChI is InChI=1S/C38H71NO7/c1-6-8-10-12-14-16-18-20-22-24-26-28-36(40)45-33-34(32-44-31-30-35(38(42)43)39(3,4)5)46-37(41)29-27-25-23-21-19-17-15-13-11-9-7-2/h13,15,34-35H,6-12,14,16-33H2,1-5H3/b15-13+. The Balaban J connectivity index is 4.44. The van der Waals surface area contributed by atoms with E-state index in [4.69, 9.17) is 14.2 Å². The lowest BCUT2D eigenvalue weighted by atomic mass is 10.1. The van der Waals surface area contributed by atoms with Crippen molar-refractivity contribution in [3.63, 3.8) is 0 Å². The van der Waals surface area contributed by atoms with Crippen LogP contribution in [0, 0.1) is 0 Å². The molecule has 0 N–H and O–H groups in total. The molecule has 0 aliphatic heterocycles. The Bertz CT molecular complexity index is 778. The van der Waals surface area contributed by atoms with Crippen LogP contribution in [-0.2, 0) is 28.6 Å². The molecule has 8 heteroatoms. The maximum Gasteiger partial charge on any atom is 0.306 e. The zero-order valence-corrected chi connectivity index (χ0v) is 30.5. The number of hydrogen-bond donors (Lipinski definition) is 0. The van der Waals surface area contributed by atoms with E-state index < -0.39 is 18.1 Å². The van der Waals surface area contributed by atoms with E-state index in [-0.39, 0.29) is 42.7 Å². The predicted molar refractivity (Wildman–Crippen MR) is 185 cm³/mol. The summed E-state index contributed by atoms with van der Waals surface area (Å²) >= 11 is 0. The van der Waals surface area contributed by atoms with Crippen LogP contribution in [0.4, 0.5) is 0 Å². The van der Waals surface area contributed by atoms with Crippen LogP contribution >= 0.6 is 0 Å². The number of hydrogen-bond acceptors (Lipinski definition) is 7. The topological polar surface area (TPSA) is 102 Å². The second kappa shape index (κ2) is 30.4. The summed E-state index contributed by atoms with van der Waals surface area (Å²) in [6, 6.07) is -0.721. The fraction of sp³-hybridized carbons (Fsp3) is 0.868.